The largest absolute Gasteiger partial charge is 0.457 e. The molecule has 0 amide bonds. The molecule has 0 aliphatic rings. The first-order valence-corrected chi connectivity index (χ1v) is 7.87. The van der Waals surface area contributed by atoms with Crippen molar-refractivity contribution in [3.8, 4) is 23.0 Å². The molecule has 2 N–H and O–H groups in total. The molecule has 0 bridgehead atoms. The van der Waals surface area contributed by atoms with Crippen LogP contribution in [0.5, 0.6) is 11.5 Å². The summed E-state index contributed by atoms with van der Waals surface area (Å²) >= 11 is 0. The van der Waals surface area contributed by atoms with E-state index in [1.807, 2.05) is 54.6 Å². The number of imidazole rings is 2. The van der Waals surface area contributed by atoms with Crippen LogP contribution in [0.2, 0.25) is 0 Å². The molecule has 0 aliphatic heterocycles. The average molecular weight is 327 g/mol. The highest BCUT2D eigenvalue weighted by Crippen LogP contribution is 2.27. The summed E-state index contributed by atoms with van der Waals surface area (Å²) in [4.78, 5) is 19.5. The third-order valence-electron chi connectivity index (χ3n) is 3.99. The molecule has 0 saturated heterocycles. The SMILES string of the molecule is c1ccc(-c2nc3ccc(Oc4ccc5nc[nH]c5c4)cc3[nH]2)nc1. The van der Waals surface area contributed by atoms with Crippen molar-refractivity contribution in [2.24, 2.45) is 0 Å². The number of nitrogens with zero attached hydrogens (tertiary/aromatic N) is 3. The van der Waals surface area contributed by atoms with Crippen molar-refractivity contribution in [3.63, 3.8) is 0 Å². The van der Waals surface area contributed by atoms with Crippen LogP contribution in [0, 0.1) is 0 Å². The zero-order valence-corrected chi connectivity index (χ0v) is 13.1. The first-order valence-electron chi connectivity index (χ1n) is 7.87. The number of benzene rings is 2. The fraction of sp³-hybridized carbons (Fsp3) is 0. The lowest BCUT2D eigenvalue weighted by atomic mass is 10.3. The van der Waals surface area contributed by atoms with E-state index in [1.165, 1.54) is 0 Å². The lowest BCUT2D eigenvalue weighted by Crippen LogP contribution is -1.84. The van der Waals surface area contributed by atoms with Crippen LogP contribution < -0.4 is 4.74 Å². The smallest absolute Gasteiger partial charge is 0.157 e. The Balaban J connectivity index is 1.49. The van der Waals surface area contributed by atoms with E-state index < -0.39 is 0 Å². The molecule has 0 aliphatic carbocycles. The van der Waals surface area contributed by atoms with E-state index >= 15 is 0 Å². The van der Waals surface area contributed by atoms with Crippen LogP contribution in [0.3, 0.4) is 0 Å². The Morgan fingerprint density at radius 3 is 2.48 bits per heavy atom. The minimum absolute atomic E-state index is 0.739. The van der Waals surface area contributed by atoms with Crippen molar-refractivity contribution in [1.29, 1.82) is 0 Å². The number of hydrogen-bond acceptors (Lipinski definition) is 4. The maximum atomic E-state index is 5.97. The van der Waals surface area contributed by atoms with E-state index in [0.717, 1.165) is 45.1 Å². The molecule has 6 nitrogen and oxygen atoms in total. The summed E-state index contributed by atoms with van der Waals surface area (Å²) in [6.45, 7) is 0. The Morgan fingerprint density at radius 2 is 1.64 bits per heavy atom. The van der Waals surface area contributed by atoms with Gasteiger partial charge in [-0.15, -0.1) is 0 Å². The third-order valence-corrected chi connectivity index (χ3v) is 3.99. The predicted molar refractivity (Wildman–Crippen MR) is 95.5 cm³/mol. The molecule has 0 unspecified atom stereocenters. The molecular formula is C19H13N5O. The monoisotopic (exact) mass is 327 g/mol. The molecule has 0 fully saturated rings. The number of aromatic nitrogens is 5. The number of H-pyrrole nitrogens is 2. The van der Waals surface area contributed by atoms with Gasteiger partial charge >= 0.3 is 0 Å². The normalized spacial score (nSPS) is 11.2. The van der Waals surface area contributed by atoms with Crippen molar-refractivity contribution in [3.05, 3.63) is 67.1 Å². The molecule has 5 aromatic rings. The van der Waals surface area contributed by atoms with Crippen LogP contribution in [0.1, 0.15) is 0 Å². The van der Waals surface area contributed by atoms with Crippen LogP contribution >= 0.6 is 0 Å². The summed E-state index contributed by atoms with van der Waals surface area (Å²) < 4.78 is 5.97. The van der Waals surface area contributed by atoms with E-state index in [-0.39, 0.29) is 0 Å². The highest BCUT2D eigenvalue weighted by molar-refractivity contribution is 5.80. The molecule has 0 radical (unpaired) electrons. The van der Waals surface area contributed by atoms with Gasteiger partial charge in [0.1, 0.15) is 17.2 Å². The summed E-state index contributed by atoms with van der Waals surface area (Å²) in [5.74, 6) is 2.23. The Morgan fingerprint density at radius 1 is 0.800 bits per heavy atom. The number of nitrogens with one attached hydrogen (secondary N) is 2. The third kappa shape index (κ3) is 2.49. The van der Waals surface area contributed by atoms with Crippen LogP contribution in [0.15, 0.2) is 67.1 Å². The van der Waals surface area contributed by atoms with Crippen LogP contribution in [0.25, 0.3) is 33.6 Å². The zero-order valence-electron chi connectivity index (χ0n) is 13.1. The van der Waals surface area contributed by atoms with E-state index in [4.69, 9.17) is 4.74 Å². The van der Waals surface area contributed by atoms with Gasteiger partial charge in [-0.3, -0.25) is 4.98 Å². The summed E-state index contributed by atoms with van der Waals surface area (Å²) in [6, 6.07) is 17.3. The maximum absolute atomic E-state index is 5.97. The number of fused-ring (bicyclic) bond motifs is 2. The van der Waals surface area contributed by atoms with Gasteiger partial charge in [-0.05, 0) is 36.4 Å². The molecule has 3 aromatic heterocycles. The minimum Gasteiger partial charge on any atom is -0.457 e. The quantitative estimate of drug-likeness (QED) is 0.518. The van der Waals surface area contributed by atoms with Gasteiger partial charge in [0.25, 0.3) is 0 Å². The zero-order chi connectivity index (χ0) is 16.6. The summed E-state index contributed by atoms with van der Waals surface area (Å²) in [5, 5.41) is 0. The number of aromatic amines is 2. The van der Waals surface area contributed by atoms with Gasteiger partial charge in [0.15, 0.2) is 5.82 Å². The van der Waals surface area contributed by atoms with Crippen molar-refractivity contribution in [2.75, 3.05) is 0 Å². The average Bonchev–Trinajstić information content (AvgIpc) is 3.28. The molecule has 3 heterocycles. The van der Waals surface area contributed by atoms with E-state index in [0.29, 0.717) is 0 Å². The van der Waals surface area contributed by atoms with Gasteiger partial charge < -0.3 is 14.7 Å². The fourth-order valence-corrected chi connectivity index (χ4v) is 2.79. The van der Waals surface area contributed by atoms with Crippen molar-refractivity contribution >= 4 is 22.1 Å². The lowest BCUT2D eigenvalue weighted by Gasteiger charge is -2.05. The highest BCUT2D eigenvalue weighted by atomic mass is 16.5. The Labute approximate surface area is 142 Å². The second-order valence-corrected chi connectivity index (χ2v) is 5.66. The van der Waals surface area contributed by atoms with Crippen LogP contribution in [-0.4, -0.2) is 24.9 Å². The second kappa shape index (κ2) is 5.45. The molecule has 5 rings (SSSR count). The summed E-state index contributed by atoms with van der Waals surface area (Å²) in [6.07, 6.45) is 3.42. The first-order chi connectivity index (χ1) is 12.3. The first kappa shape index (κ1) is 13.7. The number of pyridine rings is 1. The van der Waals surface area contributed by atoms with Crippen LogP contribution in [0.4, 0.5) is 0 Å². The topological polar surface area (TPSA) is 79.5 Å². The van der Waals surface area contributed by atoms with Gasteiger partial charge in [-0.1, -0.05) is 6.07 Å². The molecule has 0 spiro atoms. The van der Waals surface area contributed by atoms with Gasteiger partial charge in [0, 0.05) is 18.3 Å². The molecular weight excluding hydrogens is 314 g/mol. The summed E-state index contributed by atoms with van der Waals surface area (Å²) in [7, 11) is 0. The summed E-state index contributed by atoms with van der Waals surface area (Å²) in [5.41, 5.74) is 4.44. The fourth-order valence-electron chi connectivity index (χ4n) is 2.79. The second-order valence-electron chi connectivity index (χ2n) is 5.66. The van der Waals surface area contributed by atoms with E-state index in [2.05, 4.69) is 24.9 Å². The van der Waals surface area contributed by atoms with Crippen molar-refractivity contribution in [1.82, 2.24) is 24.9 Å². The van der Waals surface area contributed by atoms with Gasteiger partial charge in [0.2, 0.25) is 0 Å². The lowest BCUT2D eigenvalue weighted by molar-refractivity contribution is 0.484. The van der Waals surface area contributed by atoms with E-state index in [9.17, 15) is 0 Å². The van der Waals surface area contributed by atoms with Gasteiger partial charge in [-0.25, -0.2) is 9.97 Å². The number of rotatable bonds is 3. The maximum Gasteiger partial charge on any atom is 0.157 e. The molecule has 2 aromatic carbocycles. The minimum atomic E-state index is 0.739. The Hall–Kier alpha value is -3.67. The molecule has 25 heavy (non-hydrogen) atoms. The molecule has 6 heteroatoms. The van der Waals surface area contributed by atoms with Gasteiger partial charge in [0.05, 0.1) is 28.4 Å². The number of hydrogen-bond donors (Lipinski definition) is 2. The standard InChI is InChI=1S/C19H13N5O/c1-2-8-20-16(3-1)19-23-15-7-5-13(10-18(15)24-19)25-12-4-6-14-17(9-12)22-11-21-14/h1-11H,(H,21,22)(H,23,24). The van der Waals surface area contributed by atoms with E-state index in [1.54, 1.807) is 12.5 Å². The number of ether oxygens (including phenoxy) is 1. The highest BCUT2D eigenvalue weighted by Gasteiger charge is 2.08. The molecule has 120 valence electrons. The van der Waals surface area contributed by atoms with Crippen LogP contribution in [-0.2, 0) is 0 Å². The predicted octanol–water partition coefficient (Wildman–Crippen LogP) is 4.29. The van der Waals surface area contributed by atoms with Crippen molar-refractivity contribution < 1.29 is 4.74 Å². The molecule has 0 atom stereocenters. The Kier molecular flexibility index (Phi) is 3.00. The van der Waals surface area contributed by atoms with Gasteiger partial charge in [-0.2, -0.15) is 0 Å². The van der Waals surface area contributed by atoms with Crippen molar-refractivity contribution in [2.45, 2.75) is 0 Å². The Bertz CT molecular complexity index is 1180. The molecule has 0 saturated carbocycles.